The van der Waals surface area contributed by atoms with Gasteiger partial charge in [-0.1, -0.05) is 42.5 Å². The fraction of sp³-hybridized carbons (Fsp3) is 0.200. The summed E-state index contributed by atoms with van der Waals surface area (Å²) >= 11 is 0. The molecule has 31 heavy (non-hydrogen) atoms. The van der Waals surface area contributed by atoms with Crippen molar-refractivity contribution in [2.75, 3.05) is 20.8 Å². The van der Waals surface area contributed by atoms with Gasteiger partial charge in [0, 0.05) is 12.1 Å². The second-order valence-electron chi connectivity index (χ2n) is 6.83. The number of hydrogen-bond donors (Lipinski definition) is 1. The molecule has 0 aliphatic heterocycles. The number of esters is 1. The van der Waals surface area contributed by atoms with Crippen molar-refractivity contribution in [3.8, 4) is 11.5 Å². The number of nitrogens with one attached hydrogen (secondary N) is 1. The Morgan fingerprint density at radius 3 is 2.19 bits per heavy atom. The van der Waals surface area contributed by atoms with Crippen molar-refractivity contribution >= 4 is 11.9 Å². The maximum absolute atomic E-state index is 12.5. The average molecular weight is 419 g/mol. The lowest BCUT2D eigenvalue weighted by molar-refractivity contribution is 0.0600. The van der Waals surface area contributed by atoms with Gasteiger partial charge in [0.25, 0.3) is 5.91 Å². The molecular weight excluding hydrogens is 394 g/mol. The van der Waals surface area contributed by atoms with E-state index in [0.717, 1.165) is 11.1 Å². The first-order valence-electron chi connectivity index (χ1n) is 9.91. The third-order valence-corrected chi connectivity index (χ3v) is 4.74. The maximum atomic E-state index is 12.5. The molecule has 3 aromatic rings. The number of rotatable bonds is 9. The Morgan fingerprint density at radius 1 is 0.806 bits per heavy atom. The first kappa shape index (κ1) is 21.9. The highest BCUT2D eigenvalue weighted by atomic mass is 16.5. The van der Waals surface area contributed by atoms with Gasteiger partial charge in [-0.15, -0.1) is 0 Å². The van der Waals surface area contributed by atoms with Gasteiger partial charge in [-0.25, -0.2) is 4.79 Å². The molecule has 0 bridgehead atoms. The molecule has 0 heterocycles. The number of carbonyl (C=O) groups excluding carboxylic acids is 2. The van der Waals surface area contributed by atoms with E-state index in [1.807, 2.05) is 42.5 Å². The van der Waals surface area contributed by atoms with Crippen LogP contribution >= 0.6 is 0 Å². The standard InChI is InChI=1S/C25H25NO5/c1-29-23-16-21(12-13-22(23)31-17-19-6-4-3-5-7-19)24(27)26-15-14-18-8-10-20(11-9-18)25(28)30-2/h3-13,16H,14-15,17H2,1-2H3,(H,26,27). The fourth-order valence-electron chi connectivity index (χ4n) is 3.01. The maximum Gasteiger partial charge on any atom is 0.337 e. The van der Waals surface area contributed by atoms with Gasteiger partial charge in [0.05, 0.1) is 19.8 Å². The minimum atomic E-state index is -0.370. The van der Waals surface area contributed by atoms with Gasteiger partial charge in [-0.2, -0.15) is 0 Å². The summed E-state index contributed by atoms with van der Waals surface area (Å²) in [5.74, 6) is 0.514. The molecule has 3 rings (SSSR count). The Balaban J connectivity index is 1.54. The lowest BCUT2D eigenvalue weighted by Gasteiger charge is -2.12. The van der Waals surface area contributed by atoms with Crippen molar-refractivity contribution in [2.24, 2.45) is 0 Å². The zero-order chi connectivity index (χ0) is 22.1. The molecule has 1 amide bonds. The van der Waals surface area contributed by atoms with Crippen LogP contribution < -0.4 is 14.8 Å². The predicted molar refractivity (Wildman–Crippen MR) is 118 cm³/mol. The summed E-state index contributed by atoms with van der Waals surface area (Å²) in [6, 6.07) is 22.1. The number of benzene rings is 3. The minimum absolute atomic E-state index is 0.195. The minimum Gasteiger partial charge on any atom is -0.493 e. The van der Waals surface area contributed by atoms with Crippen molar-refractivity contribution in [2.45, 2.75) is 13.0 Å². The van der Waals surface area contributed by atoms with Crippen molar-refractivity contribution in [1.29, 1.82) is 0 Å². The molecule has 0 spiro atoms. The Bertz CT molecular complexity index is 1020. The van der Waals surface area contributed by atoms with E-state index in [2.05, 4.69) is 10.1 Å². The quantitative estimate of drug-likeness (QED) is 0.530. The molecule has 0 saturated heterocycles. The molecule has 3 aromatic carbocycles. The van der Waals surface area contributed by atoms with Crippen molar-refractivity contribution in [1.82, 2.24) is 5.32 Å². The van der Waals surface area contributed by atoms with Crippen molar-refractivity contribution in [3.05, 3.63) is 95.1 Å². The second-order valence-corrected chi connectivity index (χ2v) is 6.83. The zero-order valence-corrected chi connectivity index (χ0v) is 17.6. The van der Waals surface area contributed by atoms with Crippen molar-refractivity contribution in [3.63, 3.8) is 0 Å². The van der Waals surface area contributed by atoms with Gasteiger partial charge in [0.1, 0.15) is 6.61 Å². The van der Waals surface area contributed by atoms with Gasteiger partial charge in [0.2, 0.25) is 0 Å². The monoisotopic (exact) mass is 419 g/mol. The van der Waals surface area contributed by atoms with Crippen LogP contribution in [-0.4, -0.2) is 32.6 Å². The highest BCUT2D eigenvalue weighted by Crippen LogP contribution is 2.28. The molecule has 0 aromatic heterocycles. The van der Waals surface area contributed by atoms with Gasteiger partial charge in [-0.3, -0.25) is 4.79 Å². The summed E-state index contributed by atoms with van der Waals surface area (Å²) in [5, 5.41) is 2.90. The average Bonchev–Trinajstić information content (AvgIpc) is 2.83. The lowest BCUT2D eigenvalue weighted by atomic mass is 10.1. The van der Waals surface area contributed by atoms with E-state index in [9.17, 15) is 9.59 Å². The fourth-order valence-corrected chi connectivity index (χ4v) is 3.01. The Kier molecular flexibility index (Phi) is 7.65. The largest absolute Gasteiger partial charge is 0.493 e. The van der Waals surface area contributed by atoms with Gasteiger partial charge in [0.15, 0.2) is 11.5 Å². The van der Waals surface area contributed by atoms with E-state index in [-0.39, 0.29) is 11.9 Å². The summed E-state index contributed by atoms with van der Waals surface area (Å²) in [6.45, 7) is 0.877. The van der Waals surface area contributed by atoms with Crippen LogP contribution in [-0.2, 0) is 17.8 Å². The zero-order valence-electron chi connectivity index (χ0n) is 17.6. The van der Waals surface area contributed by atoms with E-state index in [1.54, 1.807) is 37.4 Å². The lowest BCUT2D eigenvalue weighted by Crippen LogP contribution is -2.25. The van der Waals surface area contributed by atoms with E-state index in [1.165, 1.54) is 7.11 Å². The molecule has 0 unspecified atom stereocenters. The number of carbonyl (C=O) groups is 2. The summed E-state index contributed by atoms with van der Waals surface area (Å²) in [5.41, 5.74) is 3.04. The number of ether oxygens (including phenoxy) is 3. The Labute approximate surface area is 181 Å². The van der Waals surface area contributed by atoms with E-state index < -0.39 is 0 Å². The summed E-state index contributed by atoms with van der Waals surface area (Å²) in [4.78, 5) is 24.0. The molecular formula is C25H25NO5. The van der Waals surface area contributed by atoms with Crippen molar-refractivity contribution < 1.29 is 23.8 Å². The van der Waals surface area contributed by atoms with E-state index in [0.29, 0.717) is 42.2 Å². The van der Waals surface area contributed by atoms with Crippen LogP contribution in [0.25, 0.3) is 0 Å². The molecule has 6 heteroatoms. The molecule has 0 atom stereocenters. The molecule has 1 N–H and O–H groups in total. The molecule has 6 nitrogen and oxygen atoms in total. The van der Waals surface area contributed by atoms with Crippen LogP contribution in [0.5, 0.6) is 11.5 Å². The molecule has 160 valence electrons. The van der Waals surface area contributed by atoms with Crippen LogP contribution in [0, 0.1) is 0 Å². The summed E-state index contributed by atoms with van der Waals surface area (Å²) < 4.78 is 15.9. The molecule has 0 radical (unpaired) electrons. The van der Waals surface area contributed by atoms with Gasteiger partial charge in [-0.05, 0) is 47.9 Å². The van der Waals surface area contributed by atoms with E-state index >= 15 is 0 Å². The topological polar surface area (TPSA) is 73.9 Å². The smallest absolute Gasteiger partial charge is 0.337 e. The molecule has 0 aliphatic rings. The molecule has 0 aliphatic carbocycles. The van der Waals surface area contributed by atoms with Crippen LogP contribution in [0.3, 0.4) is 0 Å². The third-order valence-electron chi connectivity index (χ3n) is 4.74. The predicted octanol–water partition coefficient (Wildman–Crippen LogP) is 4.03. The molecule has 0 fully saturated rings. The summed E-state index contributed by atoms with van der Waals surface area (Å²) in [7, 11) is 2.90. The highest BCUT2D eigenvalue weighted by Gasteiger charge is 2.11. The molecule has 0 saturated carbocycles. The van der Waals surface area contributed by atoms with Crippen LogP contribution in [0.15, 0.2) is 72.8 Å². The van der Waals surface area contributed by atoms with Crippen LogP contribution in [0.1, 0.15) is 31.8 Å². The number of methoxy groups -OCH3 is 2. The first-order valence-corrected chi connectivity index (χ1v) is 9.91. The van der Waals surface area contributed by atoms with Gasteiger partial charge >= 0.3 is 5.97 Å². The Hall–Kier alpha value is -3.80. The Morgan fingerprint density at radius 2 is 1.52 bits per heavy atom. The number of hydrogen-bond acceptors (Lipinski definition) is 5. The third kappa shape index (κ3) is 6.09. The number of amides is 1. The highest BCUT2D eigenvalue weighted by molar-refractivity contribution is 5.94. The second kappa shape index (κ2) is 10.8. The van der Waals surface area contributed by atoms with Crippen LogP contribution in [0.2, 0.25) is 0 Å². The first-order chi connectivity index (χ1) is 15.1. The SMILES string of the molecule is COC(=O)c1ccc(CCNC(=O)c2ccc(OCc3ccccc3)c(OC)c2)cc1. The van der Waals surface area contributed by atoms with Gasteiger partial charge < -0.3 is 19.5 Å². The van der Waals surface area contributed by atoms with Crippen LogP contribution in [0.4, 0.5) is 0 Å². The van der Waals surface area contributed by atoms with E-state index in [4.69, 9.17) is 9.47 Å². The summed E-state index contributed by atoms with van der Waals surface area (Å²) in [6.07, 6.45) is 0.641. The normalized spacial score (nSPS) is 10.3.